The minimum Gasteiger partial charge on any atom is -0.296 e. The summed E-state index contributed by atoms with van der Waals surface area (Å²) in [4.78, 5) is 12.1. The Bertz CT molecular complexity index is 630. The van der Waals surface area contributed by atoms with Crippen LogP contribution < -0.4 is 5.32 Å². The summed E-state index contributed by atoms with van der Waals surface area (Å²) < 4.78 is 13.6. The van der Waals surface area contributed by atoms with Crippen molar-refractivity contribution in [3.63, 3.8) is 0 Å². The molecule has 0 fully saturated rings. The summed E-state index contributed by atoms with van der Waals surface area (Å²) in [7, 11) is 0. The van der Waals surface area contributed by atoms with Gasteiger partial charge in [-0.15, -0.1) is 10.2 Å². The van der Waals surface area contributed by atoms with E-state index in [1.807, 2.05) is 22.6 Å². The van der Waals surface area contributed by atoms with Gasteiger partial charge in [-0.25, -0.2) is 4.39 Å². The van der Waals surface area contributed by atoms with E-state index in [1.165, 1.54) is 29.5 Å². The molecule has 0 radical (unpaired) electrons. The topological polar surface area (TPSA) is 54.9 Å². The molecule has 106 valence electrons. The first kappa shape index (κ1) is 15.3. The molecule has 1 N–H and O–H groups in total. The molecule has 20 heavy (non-hydrogen) atoms. The van der Waals surface area contributed by atoms with Crippen LogP contribution in [0.3, 0.4) is 0 Å². The lowest BCUT2D eigenvalue weighted by Gasteiger charge is -2.03. The van der Waals surface area contributed by atoms with Gasteiger partial charge >= 0.3 is 0 Å². The van der Waals surface area contributed by atoms with Crippen molar-refractivity contribution in [1.82, 2.24) is 10.2 Å². The molecule has 2 rings (SSSR count). The highest BCUT2D eigenvalue weighted by molar-refractivity contribution is 14.1. The van der Waals surface area contributed by atoms with Crippen molar-refractivity contribution >= 4 is 45.0 Å². The molecular formula is C13H13FIN3OS. The van der Waals surface area contributed by atoms with Gasteiger partial charge in [-0.3, -0.25) is 10.1 Å². The first-order valence-electron chi connectivity index (χ1n) is 6.04. The number of benzene rings is 1. The van der Waals surface area contributed by atoms with E-state index >= 15 is 0 Å². The number of nitrogens with zero attached hydrogens (tertiary/aromatic N) is 2. The Morgan fingerprint density at radius 3 is 2.85 bits per heavy atom. The van der Waals surface area contributed by atoms with Crippen LogP contribution in [-0.2, 0) is 6.42 Å². The molecule has 2 aromatic rings. The Morgan fingerprint density at radius 1 is 1.45 bits per heavy atom. The van der Waals surface area contributed by atoms with Crippen molar-refractivity contribution in [3.05, 3.63) is 38.2 Å². The van der Waals surface area contributed by atoms with Gasteiger partial charge in [-0.1, -0.05) is 25.2 Å². The maximum absolute atomic E-state index is 13.0. The van der Waals surface area contributed by atoms with Crippen LogP contribution in [0.25, 0.3) is 0 Å². The van der Waals surface area contributed by atoms with Gasteiger partial charge in [0.2, 0.25) is 5.13 Å². The van der Waals surface area contributed by atoms with Gasteiger partial charge in [0.25, 0.3) is 5.91 Å². The molecule has 4 nitrogen and oxygen atoms in total. The maximum atomic E-state index is 13.0. The monoisotopic (exact) mass is 405 g/mol. The third kappa shape index (κ3) is 3.95. The Hall–Kier alpha value is -1.09. The fraction of sp³-hybridized carbons (Fsp3) is 0.308. The fourth-order valence-corrected chi connectivity index (χ4v) is 3.24. The van der Waals surface area contributed by atoms with E-state index in [9.17, 15) is 9.18 Å². The highest BCUT2D eigenvalue weighted by Gasteiger charge is 2.14. The van der Waals surface area contributed by atoms with E-state index in [4.69, 9.17) is 0 Å². The van der Waals surface area contributed by atoms with Gasteiger partial charge in [0.1, 0.15) is 10.8 Å². The normalized spacial score (nSPS) is 10.8. The first-order chi connectivity index (χ1) is 9.45. The Morgan fingerprint density at radius 2 is 2.20 bits per heavy atom. The predicted octanol–water partition coefficient (Wildman–Crippen LogP) is 3.73. The summed E-state index contributed by atoms with van der Waals surface area (Å²) in [6.07, 6.45) is 0.835. The quantitative estimate of drug-likeness (QED) is 0.789. The number of rotatable bonds is 4. The van der Waals surface area contributed by atoms with E-state index in [0.29, 0.717) is 20.2 Å². The maximum Gasteiger partial charge on any atom is 0.258 e. The third-order valence-electron chi connectivity index (χ3n) is 2.45. The highest BCUT2D eigenvalue weighted by Crippen LogP contribution is 2.20. The lowest BCUT2D eigenvalue weighted by atomic mass is 10.1. The van der Waals surface area contributed by atoms with Crippen LogP contribution in [0, 0.1) is 15.3 Å². The van der Waals surface area contributed by atoms with Gasteiger partial charge in [0.15, 0.2) is 0 Å². The minimum atomic E-state index is -0.360. The summed E-state index contributed by atoms with van der Waals surface area (Å²) in [5, 5.41) is 12.0. The smallest absolute Gasteiger partial charge is 0.258 e. The minimum absolute atomic E-state index is 0.304. The van der Waals surface area contributed by atoms with E-state index < -0.39 is 0 Å². The number of amides is 1. The summed E-state index contributed by atoms with van der Waals surface area (Å²) in [6.45, 7) is 4.20. The number of halogens is 2. The van der Waals surface area contributed by atoms with Crippen LogP contribution in [0.2, 0.25) is 0 Å². The summed E-state index contributed by atoms with van der Waals surface area (Å²) in [5.74, 6) is -0.174. The molecule has 0 saturated carbocycles. The molecule has 0 spiro atoms. The zero-order valence-corrected chi connectivity index (χ0v) is 14.0. The zero-order chi connectivity index (χ0) is 14.7. The molecule has 1 aromatic carbocycles. The van der Waals surface area contributed by atoms with Crippen LogP contribution >= 0.6 is 33.9 Å². The van der Waals surface area contributed by atoms with Gasteiger partial charge in [-0.05, 0) is 46.7 Å². The van der Waals surface area contributed by atoms with Gasteiger partial charge in [-0.2, -0.15) is 0 Å². The number of anilines is 1. The Kier molecular flexibility index (Phi) is 5.03. The van der Waals surface area contributed by atoms with Crippen LogP contribution in [0.4, 0.5) is 9.52 Å². The molecule has 7 heteroatoms. The second-order valence-corrected chi connectivity index (χ2v) is 6.90. The van der Waals surface area contributed by atoms with E-state index in [-0.39, 0.29) is 11.7 Å². The number of carbonyl (C=O) groups is 1. The summed E-state index contributed by atoms with van der Waals surface area (Å²) in [6, 6.07) is 4.05. The largest absolute Gasteiger partial charge is 0.296 e. The van der Waals surface area contributed by atoms with Crippen LogP contribution in [0.5, 0.6) is 0 Å². The van der Waals surface area contributed by atoms with Gasteiger partial charge in [0, 0.05) is 9.99 Å². The number of hydrogen-bond donors (Lipinski definition) is 1. The average molecular weight is 405 g/mol. The van der Waals surface area contributed by atoms with Crippen LogP contribution in [-0.4, -0.2) is 16.1 Å². The molecule has 0 aliphatic heterocycles. The van der Waals surface area contributed by atoms with Crippen molar-refractivity contribution in [1.29, 1.82) is 0 Å². The van der Waals surface area contributed by atoms with Crippen molar-refractivity contribution in [3.8, 4) is 0 Å². The lowest BCUT2D eigenvalue weighted by Crippen LogP contribution is -2.13. The second-order valence-electron chi connectivity index (χ2n) is 4.68. The molecular weight excluding hydrogens is 392 g/mol. The molecule has 0 bridgehead atoms. The van der Waals surface area contributed by atoms with Crippen LogP contribution in [0.15, 0.2) is 18.2 Å². The van der Waals surface area contributed by atoms with Crippen molar-refractivity contribution < 1.29 is 9.18 Å². The molecule has 0 saturated heterocycles. The molecule has 0 atom stereocenters. The number of hydrogen-bond acceptors (Lipinski definition) is 4. The van der Waals surface area contributed by atoms with Gasteiger partial charge < -0.3 is 0 Å². The Balaban J connectivity index is 2.09. The summed E-state index contributed by atoms with van der Waals surface area (Å²) >= 11 is 3.29. The lowest BCUT2D eigenvalue weighted by molar-refractivity contribution is 0.102. The number of nitrogens with one attached hydrogen (secondary N) is 1. The Labute approximate surface area is 134 Å². The highest BCUT2D eigenvalue weighted by atomic mass is 127. The summed E-state index contributed by atoms with van der Waals surface area (Å²) in [5.41, 5.74) is 0.424. The zero-order valence-electron chi connectivity index (χ0n) is 11.0. The van der Waals surface area contributed by atoms with E-state index in [2.05, 4.69) is 29.4 Å². The fourth-order valence-electron chi connectivity index (χ4n) is 1.57. The van der Waals surface area contributed by atoms with Gasteiger partial charge in [0.05, 0.1) is 5.56 Å². The molecule has 0 aliphatic rings. The average Bonchev–Trinajstić information content (AvgIpc) is 2.75. The van der Waals surface area contributed by atoms with Crippen molar-refractivity contribution in [2.45, 2.75) is 20.3 Å². The molecule has 1 amide bonds. The van der Waals surface area contributed by atoms with Crippen molar-refractivity contribution in [2.75, 3.05) is 5.32 Å². The number of aromatic nitrogens is 2. The van der Waals surface area contributed by atoms with Crippen molar-refractivity contribution in [2.24, 2.45) is 5.92 Å². The second kappa shape index (κ2) is 6.57. The molecule has 0 unspecified atom stereocenters. The van der Waals surface area contributed by atoms with E-state index in [0.717, 1.165) is 11.4 Å². The first-order valence-corrected chi connectivity index (χ1v) is 7.94. The SMILES string of the molecule is CC(C)Cc1nnc(NC(=O)c2ccc(F)cc2I)s1. The third-order valence-corrected chi connectivity index (χ3v) is 4.20. The van der Waals surface area contributed by atoms with E-state index in [1.54, 1.807) is 0 Å². The number of carbonyl (C=O) groups excluding carboxylic acids is 1. The molecule has 1 aromatic heterocycles. The predicted molar refractivity (Wildman–Crippen MR) is 85.5 cm³/mol. The van der Waals surface area contributed by atoms with Crippen LogP contribution in [0.1, 0.15) is 29.2 Å². The molecule has 0 aliphatic carbocycles. The standard InChI is InChI=1S/C13H13FIN3OS/c1-7(2)5-11-17-18-13(20-11)16-12(19)9-4-3-8(14)6-10(9)15/h3-4,6-7H,5H2,1-2H3,(H,16,18,19). The molecule has 1 heterocycles.